The molecule has 3 aliphatic heterocycles. The molecule has 0 bridgehead atoms. The number of imide groups is 2. The standard InChI is InChI=1S/C41H42ClN7O8S/c1-22-33-34(24-10-12-25(42)13-11-24)44-29(21-32(51)56-3)36-47-46-23(2)48(36)41(33)58-35(22)38(53)43-18-8-6-4-5-7-9-19-57-26-14-15-27-28(20-26)40(55)49(39(27)54)30-16-17-31(50)45-37(30)52/h10-15,20,29-30H,4-9,16-19,21H2,1-3H3,(H,43,53)(H,45,50,52)/t29-,30?/m0/s1. The van der Waals surface area contributed by atoms with Crippen molar-refractivity contribution in [3.63, 3.8) is 0 Å². The molecule has 15 nitrogen and oxygen atoms in total. The number of ether oxygens (including phenoxy) is 2. The molecule has 58 heavy (non-hydrogen) atoms. The van der Waals surface area contributed by atoms with Gasteiger partial charge < -0.3 is 14.8 Å². The number of benzene rings is 2. The number of aryl methyl sites for hydroxylation is 1. The number of nitrogens with one attached hydrogen (secondary N) is 2. The van der Waals surface area contributed by atoms with Gasteiger partial charge in [-0.3, -0.25) is 48.5 Å². The van der Waals surface area contributed by atoms with Gasteiger partial charge in [-0.2, -0.15) is 0 Å². The zero-order valence-corrected chi connectivity index (χ0v) is 33.8. The number of rotatable bonds is 15. The molecule has 0 aliphatic carbocycles. The Hall–Kier alpha value is -5.74. The van der Waals surface area contributed by atoms with Gasteiger partial charge in [-0.05, 0) is 69.0 Å². The van der Waals surface area contributed by atoms with E-state index in [1.165, 1.54) is 30.6 Å². The average molecular weight is 828 g/mol. The van der Waals surface area contributed by atoms with E-state index in [0.717, 1.165) is 65.1 Å². The van der Waals surface area contributed by atoms with Crippen molar-refractivity contribution < 1.29 is 38.2 Å². The Bertz CT molecular complexity index is 2340. The molecule has 0 saturated carbocycles. The van der Waals surface area contributed by atoms with Crippen molar-refractivity contribution in [1.29, 1.82) is 0 Å². The highest BCUT2D eigenvalue weighted by Gasteiger charge is 2.45. The first kappa shape index (κ1) is 40.5. The largest absolute Gasteiger partial charge is 0.494 e. The van der Waals surface area contributed by atoms with Crippen molar-refractivity contribution in [3.8, 4) is 10.8 Å². The van der Waals surface area contributed by atoms with Crippen molar-refractivity contribution in [2.75, 3.05) is 20.3 Å². The van der Waals surface area contributed by atoms with Crippen LogP contribution in [0.25, 0.3) is 5.00 Å². The van der Waals surface area contributed by atoms with E-state index in [-0.39, 0.29) is 36.3 Å². The Balaban J connectivity index is 0.890. The molecule has 1 saturated heterocycles. The highest BCUT2D eigenvalue weighted by molar-refractivity contribution is 7.17. The molecule has 4 aromatic rings. The van der Waals surface area contributed by atoms with E-state index in [4.69, 9.17) is 26.1 Å². The minimum Gasteiger partial charge on any atom is -0.494 e. The predicted molar refractivity (Wildman–Crippen MR) is 214 cm³/mol. The van der Waals surface area contributed by atoms with Gasteiger partial charge in [0.25, 0.3) is 17.7 Å². The third-order valence-corrected chi connectivity index (χ3v) is 12.0. The molecule has 0 radical (unpaired) electrons. The fourth-order valence-electron chi connectivity index (χ4n) is 7.43. The number of esters is 1. The summed E-state index contributed by atoms with van der Waals surface area (Å²) in [5.74, 6) is -1.23. The molecule has 1 fully saturated rings. The minimum atomic E-state index is -1.01. The number of halogens is 1. The smallest absolute Gasteiger partial charge is 0.308 e. The number of carbonyl (C=O) groups is 6. The quantitative estimate of drug-likeness (QED) is 0.0866. The van der Waals surface area contributed by atoms with Gasteiger partial charge >= 0.3 is 5.97 Å². The average Bonchev–Trinajstić information content (AvgIpc) is 3.80. The number of aromatic nitrogens is 3. The Kier molecular flexibility index (Phi) is 12.1. The number of hydrogen-bond donors (Lipinski definition) is 2. The molecule has 2 aromatic heterocycles. The Morgan fingerprint density at radius 2 is 1.67 bits per heavy atom. The summed E-state index contributed by atoms with van der Waals surface area (Å²) in [7, 11) is 1.33. The highest BCUT2D eigenvalue weighted by atomic mass is 35.5. The van der Waals surface area contributed by atoms with Crippen LogP contribution in [0.3, 0.4) is 0 Å². The van der Waals surface area contributed by atoms with E-state index < -0.39 is 41.7 Å². The van der Waals surface area contributed by atoms with Crippen LogP contribution in [-0.4, -0.2) is 87.2 Å². The van der Waals surface area contributed by atoms with Crippen molar-refractivity contribution in [2.45, 2.75) is 83.7 Å². The van der Waals surface area contributed by atoms with E-state index in [1.807, 2.05) is 30.5 Å². The summed E-state index contributed by atoms with van der Waals surface area (Å²) < 4.78 is 12.7. The first-order valence-corrected chi connectivity index (χ1v) is 20.4. The predicted octanol–water partition coefficient (Wildman–Crippen LogP) is 5.60. The van der Waals surface area contributed by atoms with E-state index in [1.54, 1.807) is 18.2 Å². The SMILES string of the molecule is COC(=O)C[C@@H]1N=C(c2ccc(Cl)cc2)c2c(sc(C(=O)NCCCCCCCCOc3ccc4c(c3)C(=O)N(C3CCC(=O)NC3=O)C4=O)c2C)-n2c(C)nnc21. The lowest BCUT2D eigenvalue weighted by atomic mass is 9.99. The van der Waals surface area contributed by atoms with Gasteiger partial charge in [0.15, 0.2) is 5.82 Å². The summed E-state index contributed by atoms with van der Waals surface area (Å²) >= 11 is 7.56. The second-order valence-electron chi connectivity index (χ2n) is 14.3. The number of fused-ring (bicyclic) bond motifs is 4. The molecule has 2 aromatic carbocycles. The van der Waals surface area contributed by atoms with Crippen LogP contribution in [-0.2, 0) is 19.1 Å². The first-order valence-electron chi connectivity index (χ1n) is 19.2. The topological polar surface area (TPSA) is 191 Å². The zero-order valence-electron chi connectivity index (χ0n) is 32.3. The summed E-state index contributed by atoms with van der Waals surface area (Å²) in [5.41, 5.74) is 3.35. The second-order valence-corrected chi connectivity index (χ2v) is 15.8. The summed E-state index contributed by atoms with van der Waals surface area (Å²) in [5, 5.41) is 15.3. The van der Waals surface area contributed by atoms with Gasteiger partial charge in [-0.25, -0.2) is 0 Å². The number of piperidine rings is 1. The third-order valence-electron chi connectivity index (χ3n) is 10.4. The van der Waals surface area contributed by atoms with Gasteiger partial charge in [0.2, 0.25) is 11.8 Å². The molecular formula is C41H42ClN7O8S. The maximum atomic E-state index is 13.6. The van der Waals surface area contributed by atoms with Crippen LogP contribution in [0.15, 0.2) is 47.5 Å². The molecule has 5 heterocycles. The number of unbranched alkanes of at least 4 members (excludes halogenated alkanes) is 5. The summed E-state index contributed by atoms with van der Waals surface area (Å²) in [6.07, 6.45) is 5.57. The third kappa shape index (κ3) is 8.16. The molecule has 5 amide bonds. The number of carbonyl (C=O) groups excluding carboxylic acids is 6. The van der Waals surface area contributed by atoms with Crippen LogP contribution < -0.4 is 15.4 Å². The van der Waals surface area contributed by atoms with Gasteiger partial charge in [0.05, 0.1) is 41.9 Å². The van der Waals surface area contributed by atoms with Crippen LogP contribution in [0.5, 0.6) is 5.75 Å². The van der Waals surface area contributed by atoms with E-state index in [9.17, 15) is 28.8 Å². The van der Waals surface area contributed by atoms with Crippen LogP contribution in [0.4, 0.5) is 0 Å². The summed E-state index contributed by atoms with van der Waals surface area (Å²) in [6.45, 7) is 4.68. The number of nitrogens with zero attached hydrogens (tertiary/aromatic N) is 5. The van der Waals surface area contributed by atoms with Crippen LogP contribution in [0.2, 0.25) is 5.02 Å². The van der Waals surface area contributed by atoms with Gasteiger partial charge in [-0.15, -0.1) is 21.5 Å². The molecule has 2 atom stereocenters. The highest BCUT2D eigenvalue weighted by Crippen LogP contribution is 2.40. The number of amides is 5. The lowest BCUT2D eigenvalue weighted by Gasteiger charge is -2.27. The monoisotopic (exact) mass is 827 g/mol. The van der Waals surface area contributed by atoms with Crippen molar-refractivity contribution in [2.24, 2.45) is 4.99 Å². The molecule has 2 N–H and O–H groups in total. The lowest BCUT2D eigenvalue weighted by Crippen LogP contribution is -2.54. The molecule has 1 unspecified atom stereocenters. The second kappa shape index (κ2) is 17.4. The van der Waals surface area contributed by atoms with Gasteiger partial charge in [0, 0.05) is 29.1 Å². The molecule has 17 heteroatoms. The Labute approximate surface area is 343 Å². The number of methoxy groups -OCH3 is 1. The maximum Gasteiger partial charge on any atom is 0.308 e. The fraction of sp³-hybridized carbons (Fsp3) is 0.390. The maximum absolute atomic E-state index is 13.6. The number of thiophene rings is 1. The fourth-order valence-corrected chi connectivity index (χ4v) is 8.83. The van der Waals surface area contributed by atoms with Gasteiger partial charge in [-0.1, -0.05) is 49.4 Å². The minimum absolute atomic E-state index is 0.0285. The molecule has 302 valence electrons. The number of hydrogen-bond acceptors (Lipinski definition) is 12. The van der Waals surface area contributed by atoms with Crippen LogP contribution in [0, 0.1) is 13.8 Å². The number of aliphatic imine (C=N–C) groups is 1. The molecule has 7 rings (SSSR count). The Morgan fingerprint density at radius 1 is 0.948 bits per heavy atom. The van der Waals surface area contributed by atoms with E-state index >= 15 is 0 Å². The Morgan fingerprint density at radius 3 is 2.41 bits per heavy atom. The van der Waals surface area contributed by atoms with Crippen molar-refractivity contribution in [1.82, 2.24) is 30.3 Å². The summed E-state index contributed by atoms with van der Waals surface area (Å²) in [6, 6.07) is 10.3. The summed E-state index contributed by atoms with van der Waals surface area (Å²) in [4.78, 5) is 82.5. The van der Waals surface area contributed by atoms with E-state index in [0.29, 0.717) is 46.2 Å². The first-order chi connectivity index (χ1) is 28.0. The molecular weight excluding hydrogens is 786 g/mol. The van der Waals surface area contributed by atoms with Gasteiger partial charge in [0.1, 0.15) is 28.7 Å². The van der Waals surface area contributed by atoms with Crippen LogP contribution >= 0.6 is 22.9 Å². The van der Waals surface area contributed by atoms with E-state index in [2.05, 4.69) is 20.8 Å². The lowest BCUT2D eigenvalue weighted by molar-refractivity contribution is -0.141. The normalized spacial score (nSPS) is 17.2. The van der Waals surface area contributed by atoms with Crippen LogP contribution in [0.1, 0.15) is 123 Å². The molecule has 0 spiro atoms. The van der Waals surface area contributed by atoms with Crippen molar-refractivity contribution in [3.05, 3.63) is 91.8 Å². The van der Waals surface area contributed by atoms with Crippen molar-refractivity contribution >= 4 is 64.2 Å². The molecule has 3 aliphatic rings. The zero-order chi connectivity index (χ0) is 41.1.